The predicted octanol–water partition coefficient (Wildman–Crippen LogP) is 2.98. The number of carbonyl (C=O) groups is 1. The van der Waals surface area contributed by atoms with Gasteiger partial charge in [0.1, 0.15) is 23.0 Å². The third-order valence-corrected chi connectivity index (χ3v) is 7.05. The number of aromatic nitrogens is 2. The molecule has 0 aliphatic rings. The number of ether oxygens (including phenoxy) is 1. The maximum absolute atomic E-state index is 14.2. The van der Waals surface area contributed by atoms with Crippen molar-refractivity contribution >= 4 is 37.6 Å². The number of carbonyl (C=O) groups excluding carboxylic acids is 1. The summed E-state index contributed by atoms with van der Waals surface area (Å²) < 4.78 is 47.8. The lowest BCUT2D eigenvalue weighted by Gasteiger charge is -2.19. The van der Waals surface area contributed by atoms with Crippen LogP contribution in [-0.4, -0.2) is 41.2 Å². The van der Waals surface area contributed by atoms with Gasteiger partial charge in [-0.05, 0) is 46.3 Å². The Morgan fingerprint density at radius 1 is 1.19 bits per heavy atom. The second-order valence-corrected chi connectivity index (χ2v) is 9.29. The zero-order valence-corrected chi connectivity index (χ0v) is 19.1. The lowest BCUT2D eigenvalue weighted by molar-refractivity contribution is 0.0467. The lowest BCUT2D eigenvalue weighted by Crippen LogP contribution is -2.31. The highest BCUT2D eigenvalue weighted by molar-refractivity contribution is 9.10. The highest BCUT2D eigenvalue weighted by atomic mass is 79.9. The molecule has 0 bridgehead atoms. The van der Waals surface area contributed by atoms with Crippen LogP contribution in [0.15, 0.2) is 56.8 Å². The van der Waals surface area contributed by atoms with Gasteiger partial charge in [0.25, 0.3) is 5.56 Å². The molecule has 0 spiro atoms. The second-order valence-electron chi connectivity index (χ2n) is 6.47. The van der Waals surface area contributed by atoms with E-state index in [-0.39, 0.29) is 36.5 Å². The fraction of sp³-hybridized carbons (Fsp3) is 0.250. The van der Waals surface area contributed by atoms with Crippen LogP contribution in [0.4, 0.5) is 4.39 Å². The molecule has 31 heavy (non-hydrogen) atoms. The highest BCUT2D eigenvalue weighted by Gasteiger charge is 2.26. The van der Waals surface area contributed by atoms with E-state index >= 15 is 0 Å². The Hall–Kier alpha value is -2.63. The fourth-order valence-corrected chi connectivity index (χ4v) is 4.84. The number of rotatable bonds is 7. The molecular weight excluding hydrogens is 493 g/mol. The van der Waals surface area contributed by atoms with E-state index in [0.717, 1.165) is 22.5 Å². The summed E-state index contributed by atoms with van der Waals surface area (Å²) in [5.41, 5.74) is 0.107. The van der Waals surface area contributed by atoms with Gasteiger partial charge in [0, 0.05) is 29.8 Å². The molecule has 164 valence electrons. The van der Waals surface area contributed by atoms with E-state index in [1.165, 1.54) is 10.5 Å². The first-order chi connectivity index (χ1) is 14.7. The fourth-order valence-electron chi connectivity index (χ4n) is 2.95. The molecule has 0 N–H and O–H groups in total. The molecule has 0 fully saturated rings. The summed E-state index contributed by atoms with van der Waals surface area (Å²) in [6, 6.07) is 7.57. The van der Waals surface area contributed by atoms with E-state index in [9.17, 15) is 22.4 Å². The molecule has 2 heterocycles. The highest BCUT2D eigenvalue weighted by Crippen LogP contribution is 2.21. The molecule has 0 aliphatic heterocycles. The number of sulfonamides is 1. The number of hydrogen-bond donors (Lipinski definition) is 0. The van der Waals surface area contributed by atoms with Crippen molar-refractivity contribution in [2.45, 2.75) is 25.3 Å². The van der Waals surface area contributed by atoms with Crippen LogP contribution in [0.2, 0.25) is 0 Å². The molecule has 8 nitrogen and oxygen atoms in total. The minimum Gasteiger partial charge on any atom is -0.456 e. The minimum absolute atomic E-state index is 0.131. The number of nitrogens with zero attached hydrogens (tertiary/aromatic N) is 3. The molecule has 1 aromatic carbocycles. The summed E-state index contributed by atoms with van der Waals surface area (Å²) in [6.07, 6.45) is 1.57. The molecule has 0 atom stereocenters. The van der Waals surface area contributed by atoms with Crippen molar-refractivity contribution in [1.82, 2.24) is 13.7 Å². The molecule has 2 aromatic heterocycles. The summed E-state index contributed by atoms with van der Waals surface area (Å²) in [5, 5.41) is 0. The van der Waals surface area contributed by atoms with E-state index < -0.39 is 26.7 Å². The maximum Gasteiger partial charge on any atom is 0.338 e. The van der Waals surface area contributed by atoms with Crippen molar-refractivity contribution in [3.63, 3.8) is 0 Å². The number of halogens is 2. The Balaban J connectivity index is 1.84. The van der Waals surface area contributed by atoms with Crippen LogP contribution in [0.1, 0.15) is 29.9 Å². The normalized spacial score (nSPS) is 11.8. The average molecular weight is 512 g/mol. The molecule has 11 heteroatoms. The summed E-state index contributed by atoms with van der Waals surface area (Å²) in [6.45, 7) is 3.28. The average Bonchev–Trinajstić information content (AvgIpc) is 2.73. The molecule has 0 saturated heterocycles. The van der Waals surface area contributed by atoms with Crippen molar-refractivity contribution in [1.29, 1.82) is 0 Å². The van der Waals surface area contributed by atoms with Crippen molar-refractivity contribution in [3.8, 4) is 0 Å². The Morgan fingerprint density at radius 3 is 2.58 bits per heavy atom. The molecule has 0 amide bonds. The number of benzene rings is 1. The van der Waals surface area contributed by atoms with Crippen LogP contribution in [0.25, 0.3) is 5.65 Å². The van der Waals surface area contributed by atoms with E-state index in [0.29, 0.717) is 10.1 Å². The van der Waals surface area contributed by atoms with E-state index in [4.69, 9.17) is 4.74 Å². The number of hydrogen-bond acceptors (Lipinski definition) is 6. The van der Waals surface area contributed by atoms with Crippen molar-refractivity contribution in [3.05, 3.63) is 74.5 Å². The van der Waals surface area contributed by atoms with Gasteiger partial charge >= 0.3 is 5.97 Å². The summed E-state index contributed by atoms with van der Waals surface area (Å²) >= 11 is 3.27. The van der Waals surface area contributed by atoms with Crippen LogP contribution in [0, 0.1) is 5.82 Å². The molecule has 0 unspecified atom stereocenters. The van der Waals surface area contributed by atoms with Crippen LogP contribution in [0.5, 0.6) is 0 Å². The van der Waals surface area contributed by atoms with Gasteiger partial charge in [-0.15, -0.1) is 0 Å². The van der Waals surface area contributed by atoms with Gasteiger partial charge < -0.3 is 4.74 Å². The second kappa shape index (κ2) is 9.25. The van der Waals surface area contributed by atoms with Gasteiger partial charge in [-0.25, -0.2) is 22.6 Å². The van der Waals surface area contributed by atoms with E-state index in [1.54, 1.807) is 32.2 Å². The van der Waals surface area contributed by atoms with Crippen LogP contribution >= 0.6 is 15.9 Å². The first kappa shape index (κ1) is 23.0. The topological polar surface area (TPSA) is 98.0 Å². The molecule has 0 aliphatic carbocycles. The molecule has 3 rings (SSSR count). The predicted molar refractivity (Wildman–Crippen MR) is 115 cm³/mol. The Kier molecular flexibility index (Phi) is 6.87. The number of fused-ring (bicyclic) bond motifs is 1. The SMILES string of the molecule is CCN(CC)S(=O)(=O)c1cc(C(=O)OCc2cc(=O)n3cc(Br)ccc3n2)ccc1F. The molecule has 0 saturated carbocycles. The Labute approximate surface area is 186 Å². The Morgan fingerprint density at radius 2 is 1.90 bits per heavy atom. The lowest BCUT2D eigenvalue weighted by atomic mass is 10.2. The van der Waals surface area contributed by atoms with Gasteiger partial charge in [-0.1, -0.05) is 13.8 Å². The van der Waals surface area contributed by atoms with Crippen LogP contribution < -0.4 is 5.56 Å². The van der Waals surface area contributed by atoms with E-state index in [1.807, 2.05) is 0 Å². The largest absolute Gasteiger partial charge is 0.456 e. The first-order valence-electron chi connectivity index (χ1n) is 9.32. The third-order valence-electron chi connectivity index (χ3n) is 4.52. The van der Waals surface area contributed by atoms with Gasteiger partial charge in [0.05, 0.1) is 11.3 Å². The van der Waals surface area contributed by atoms with Crippen molar-refractivity contribution in [2.24, 2.45) is 0 Å². The van der Waals surface area contributed by atoms with Gasteiger partial charge in [-0.2, -0.15) is 4.31 Å². The zero-order chi connectivity index (χ0) is 22.8. The van der Waals surface area contributed by atoms with Crippen molar-refractivity contribution < 1.29 is 22.3 Å². The smallest absolute Gasteiger partial charge is 0.338 e. The summed E-state index contributed by atoms with van der Waals surface area (Å²) in [5.74, 6) is -1.83. The standard InChI is InChI=1S/C20H19BrFN3O5S/c1-3-24(4-2)31(28,29)17-9-13(5-7-16(17)22)20(27)30-12-15-10-19(26)25-11-14(21)6-8-18(25)23-15/h5-11H,3-4,12H2,1-2H3. The number of pyridine rings is 1. The first-order valence-corrected chi connectivity index (χ1v) is 11.5. The summed E-state index contributed by atoms with van der Waals surface area (Å²) in [4.78, 5) is 28.3. The quantitative estimate of drug-likeness (QED) is 0.452. The summed E-state index contributed by atoms with van der Waals surface area (Å²) in [7, 11) is -4.10. The van der Waals surface area contributed by atoms with E-state index in [2.05, 4.69) is 20.9 Å². The van der Waals surface area contributed by atoms with Crippen LogP contribution in [-0.2, 0) is 21.4 Å². The zero-order valence-electron chi connectivity index (χ0n) is 16.7. The van der Waals surface area contributed by atoms with Crippen molar-refractivity contribution in [2.75, 3.05) is 13.1 Å². The minimum atomic E-state index is -4.10. The Bertz CT molecular complexity index is 1310. The molecule has 0 radical (unpaired) electrons. The van der Waals surface area contributed by atoms with Gasteiger partial charge in [0.15, 0.2) is 0 Å². The molecular formula is C20H19BrFN3O5S. The van der Waals surface area contributed by atoms with Gasteiger partial charge in [0.2, 0.25) is 10.0 Å². The van der Waals surface area contributed by atoms with Crippen LogP contribution in [0.3, 0.4) is 0 Å². The monoisotopic (exact) mass is 511 g/mol. The van der Waals surface area contributed by atoms with Gasteiger partial charge in [-0.3, -0.25) is 9.20 Å². The maximum atomic E-state index is 14.2. The number of esters is 1. The third kappa shape index (κ3) is 4.83. The molecule has 3 aromatic rings.